The van der Waals surface area contributed by atoms with E-state index in [1.165, 1.54) is 32.1 Å². The Balaban J connectivity index is 0.00000220. The van der Waals surface area contributed by atoms with Crippen LogP contribution in [0.4, 0.5) is 0 Å². The number of nitrogens with zero attached hydrogens (tertiary/aromatic N) is 2. The van der Waals surface area contributed by atoms with Gasteiger partial charge in [-0.2, -0.15) is 0 Å². The van der Waals surface area contributed by atoms with Gasteiger partial charge in [-0.15, -0.1) is 24.0 Å². The number of likely N-dealkylation sites (N-methyl/N-ethyl adjacent to an activating group) is 1. The molecule has 1 aliphatic carbocycles. The van der Waals surface area contributed by atoms with Crippen LogP contribution in [0.3, 0.4) is 0 Å². The predicted octanol–water partition coefficient (Wildman–Crippen LogP) is 1.97. The normalized spacial score (nSPS) is 20.5. The van der Waals surface area contributed by atoms with E-state index >= 15 is 0 Å². The summed E-state index contributed by atoms with van der Waals surface area (Å²) >= 11 is 0. The standard InChI is InChI=1S/C15H28N4O.HI/c1-3-16-13(20)11-18-14(17-4-2)19-10-9-15(12-19)7-5-6-8-15;/h3-12H2,1-2H3,(H,16,20)(H,17,18);1H. The molecule has 1 spiro atoms. The first-order chi connectivity index (χ1) is 9.69. The summed E-state index contributed by atoms with van der Waals surface area (Å²) in [5, 5.41) is 6.11. The van der Waals surface area contributed by atoms with E-state index in [1.54, 1.807) is 0 Å². The Labute approximate surface area is 145 Å². The van der Waals surface area contributed by atoms with E-state index in [1.807, 2.05) is 6.92 Å². The molecule has 6 heteroatoms. The Morgan fingerprint density at radius 1 is 1.14 bits per heavy atom. The Morgan fingerprint density at radius 2 is 1.81 bits per heavy atom. The fourth-order valence-corrected chi connectivity index (χ4v) is 3.47. The van der Waals surface area contributed by atoms with Crippen LogP contribution in [0.1, 0.15) is 46.0 Å². The number of hydrogen-bond donors (Lipinski definition) is 2. The van der Waals surface area contributed by atoms with Gasteiger partial charge >= 0.3 is 0 Å². The molecule has 0 aromatic rings. The lowest BCUT2D eigenvalue weighted by atomic mass is 9.86. The summed E-state index contributed by atoms with van der Waals surface area (Å²) in [4.78, 5) is 18.4. The van der Waals surface area contributed by atoms with Gasteiger partial charge in [0.15, 0.2) is 5.96 Å². The van der Waals surface area contributed by atoms with Gasteiger partial charge in [-0.3, -0.25) is 4.79 Å². The number of likely N-dealkylation sites (tertiary alicyclic amines) is 1. The lowest BCUT2D eigenvalue weighted by molar-refractivity contribution is -0.119. The van der Waals surface area contributed by atoms with Crippen molar-refractivity contribution >= 4 is 35.8 Å². The SMILES string of the molecule is CCNC(=O)CN=C(NCC)N1CCC2(CCCC2)C1.I. The van der Waals surface area contributed by atoms with E-state index in [0.717, 1.165) is 25.6 Å². The molecule has 2 N–H and O–H groups in total. The molecule has 2 aliphatic rings. The van der Waals surface area contributed by atoms with Gasteiger partial charge in [-0.05, 0) is 38.5 Å². The average Bonchev–Trinajstić information content (AvgIpc) is 3.06. The van der Waals surface area contributed by atoms with Crippen molar-refractivity contribution in [2.24, 2.45) is 10.4 Å². The summed E-state index contributed by atoms with van der Waals surface area (Å²) in [6, 6.07) is 0. The first kappa shape index (κ1) is 18.5. The molecule has 1 amide bonds. The second-order valence-electron chi connectivity index (χ2n) is 6.00. The first-order valence-corrected chi connectivity index (χ1v) is 7.99. The van der Waals surface area contributed by atoms with E-state index in [2.05, 4.69) is 27.4 Å². The van der Waals surface area contributed by atoms with E-state index in [4.69, 9.17) is 0 Å². The van der Waals surface area contributed by atoms with Crippen molar-refractivity contribution in [3.63, 3.8) is 0 Å². The molecule has 122 valence electrons. The van der Waals surface area contributed by atoms with Crippen LogP contribution in [0.15, 0.2) is 4.99 Å². The third-order valence-electron chi connectivity index (χ3n) is 4.48. The Morgan fingerprint density at radius 3 is 2.43 bits per heavy atom. The van der Waals surface area contributed by atoms with Gasteiger partial charge in [0.2, 0.25) is 5.91 Å². The zero-order chi connectivity index (χ0) is 14.4. The summed E-state index contributed by atoms with van der Waals surface area (Å²) in [7, 11) is 0. The smallest absolute Gasteiger partial charge is 0.241 e. The van der Waals surface area contributed by atoms with Crippen molar-refractivity contribution in [2.75, 3.05) is 32.7 Å². The quantitative estimate of drug-likeness (QED) is 0.425. The summed E-state index contributed by atoms with van der Waals surface area (Å²) in [6.45, 7) is 7.91. The van der Waals surface area contributed by atoms with E-state index in [0.29, 0.717) is 12.0 Å². The molecule has 5 nitrogen and oxygen atoms in total. The average molecular weight is 408 g/mol. The number of carbonyl (C=O) groups excluding carboxylic acids is 1. The molecule has 0 aromatic carbocycles. The second-order valence-corrected chi connectivity index (χ2v) is 6.00. The number of guanidine groups is 1. The number of carbonyl (C=O) groups is 1. The second kappa shape index (κ2) is 8.80. The molecule has 1 aliphatic heterocycles. The lowest BCUT2D eigenvalue weighted by Crippen LogP contribution is -2.41. The van der Waals surface area contributed by atoms with E-state index in [-0.39, 0.29) is 36.4 Å². The van der Waals surface area contributed by atoms with E-state index < -0.39 is 0 Å². The van der Waals surface area contributed by atoms with Gasteiger partial charge in [-0.1, -0.05) is 12.8 Å². The zero-order valence-electron chi connectivity index (χ0n) is 13.3. The number of hydrogen-bond acceptors (Lipinski definition) is 2. The maximum atomic E-state index is 11.6. The van der Waals surface area contributed by atoms with Gasteiger partial charge < -0.3 is 15.5 Å². The fraction of sp³-hybridized carbons (Fsp3) is 0.867. The summed E-state index contributed by atoms with van der Waals surface area (Å²) in [6.07, 6.45) is 6.75. The number of halogens is 1. The van der Waals surface area contributed by atoms with Crippen molar-refractivity contribution in [2.45, 2.75) is 46.0 Å². The molecule has 0 radical (unpaired) electrons. The number of nitrogens with one attached hydrogen (secondary N) is 2. The Hall–Kier alpha value is -0.530. The molecular weight excluding hydrogens is 379 g/mol. The molecule has 2 rings (SSSR count). The number of amides is 1. The maximum Gasteiger partial charge on any atom is 0.241 e. The maximum absolute atomic E-state index is 11.6. The van der Waals surface area contributed by atoms with Gasteiger partial charge in [0.1, 0.15) is 6.54 Å². The van der Waals surface area contributed by atoms with Crippen LogP contribution in [0.2, 0.25) is 0 Å². The molecule has 1 heterocycles. The van der Waals surface area contributed by atoms with Crippen LogP contribution >= 0.6 is 24.0 Å². The third kappa shape index (κ3) is 5.00. The van der Waals surface area contributed by atoms with Crippen LogP contribution in [0, 0.1) is 5.41 Å². The Bertz CT molecular complexity index is 367. The number of aliphatic imine (C=N–C) groups is 1. The van der Waals surface area contributed by atoms with Crippen LogP contribution in [0.25, 0.3) is 0 Å². The van der Waals surface area contributed by atoms with Gasteiger partial charge in [0.25, 0.3) is 0 Å². The predicted molar refractivity (Wildman–Crippen MR) is 97.2 cm³/mol. The molecule has 2 fully saturated rings. The van der Waals surface area contributed by atoms with Crippen LogP contribution < -0.4 is 10.6 Å². The fourth-order valence-electron chi connectivity index (χ4n) is 3.47. The van der Waals surface area contributed by atoms with Gasteiger partial charge in [0.05, 0.1) is 0 Å². The Kier molecular flexibility index (Phi) is 7.76. The van der Waals surface area contributed by atoms with Crippen LogP contribution in [-0.2, 0) is 4.79 Å². The van der Waals surface area contributed by atoms with Crippen molar-refractivity contribution < 1.29 is 4.79 Å². The minimum Gasteiger partial charge on any atom is -0.357 e. The van der Waals surface area contributed by atoms with Crippen LogP contribution in [-0.4, -0.2) is 49.5 Å². The minimum atomic E-state index is -0.00215. The lowest BCUT2D eigenvalue weighted by Gasteiger charge is -2.25. The largest absolute Gasteiger partial charge is 0.357 e. The molecule has 0 atom stereocenters. The molecule has 1 saturated heterocycles. The molecule has 1 saturated carbocycles. The molecule has 0 unspecified atom stereocenters. The minimum absolute atomic E-state index is 0. The van der Waals surface area contributed by atoms with Crippen molar-refractivity contribution in [1.82, 2.24) is 15.5 Å². The molecular formula is C15H29IN4O. The van der Waals surface area contributed by atoms with Crippen LogP contribution in [0.5, 0.6) is 0 Å². The molecule has 0 aromatic heterocycles. The molecule has 0 bridgehead atoms. The van der Waals surface area contributed by atoms with Crippen molar-refractivity contribution in [3.8, 4) is 0 Å². The highest BCUT2D eigenvalue weighted by molar-refractivity contribution is 14.0. The van der Waals surface area contributed by atoms with E-state index in [9.17, 15) is 4.79 Å². The zero-order valence-corrected chi connectivity index (χ0v) is 15.6. The van der Waals surface area contributed by atoms with Crippen molar-refractivity contribution in [3.05, 3.63) is 0 Å². The topological polar surface area (TPSA) is 56.7 Å². The monoisotopic (exact) mass is 408 g/mol. The van der Waals surface area contributed by atoms with Crippen molar-refractivity contribution in [1.29, 1.82) is 0 Å². The highest BCUT2D eigenvalue weighted by Crippen LogP contribution is 2.45. The summed E-state index contributed by atoms with van der Waals surface area (Å²) < 4.78 is 0. The summed E-state index contributed by atoms with van der Waals surface area (Å²) in [5.74, 6) is 0.903. The first-order valence-electron chi connectivity index (χ1n) is 7.99. The van der Waals surface area contributed by atoms with Gasteiger partial charge in [-0.25, -0.2) is 4.99 Å². The highest BCUT2D eigenvalue weighted by atomic mass is 127. The molecule has 21 heavy (non-hydrogen) atoms. The highest BCUT2D eigenvalue weighted by Gasteiger charge is 2.41. The van der Waals surface area contributed by atoms with Gasteiger partial charge in [0, 0.05) is 26.2 Å². The third-order valence-corrected chi connectivity index (χ3v) is 4.48. The number of rotatable bonds is 4. The summed E-state index contributed by atoms with van der Waals surface area (Å²) in [5.41, 5.74) is 0.530.